The highest BCUT2D eigenvalue weighted by Gasteiger charge is 2.40. The van der Waals surface area contributed by atoms with E-state index in [1.54, 1.807) is 18.2 Å². The number of carbonyl (C=O) groups excluding carboxylic acids is 1. The second-order valence-corrected chi connectivity index (χ2v) is 6.08. The summed E-state index contributed by atoms with van der Waals surface area (Å²) in [7, 11) is 4.40. The normalized spacial score (nSPS) is 12.2. The molecular weight excluding hydrogens is 389 g/mol. The van der Waals surface area contributed by atoms with Crippen molar-refractivity contribution in [3.05, 3.63) is 53.6 Å². The molecular formula is C20H23F3N2O4. The number of methoxy groups -OCH3 is 3. The largest absolute Gasteiger partial charge is 0.493 e. The molecule has 0 radical (unpaired) electrons. The molecule has 29 heavy (non-hydrogen) atoms. The summed E-state index contributed by atoms with van der Waals surface area (Å²) in [4.78, 5) is 12.1. The minimum Gasteiger partial charge on any atom is -0.493 e. The summed E-state index contributed by atoms with van der Waals surface area (Å²) in [6, 6.07) is 8.74. The molecule has 2 rings (SSSR count). The predicted octanol–water partition coefficient (Wildman–Crippen LogP) is 3.22. The van der Waals surface area contributed by atoms with E-state index in [1.165, 1.54) is 45.6 Å². The van der Waals surface area contributed by atoms with Gasteiger partial charge in [0, 0.05) is 6.54 Å². The van der Waals surface area contributed by atoms with Gasteiger partial charge < -0.3 is 19.5 Å². The zero-order valence-corrected chi connectivity index (χ0v) is 16.3. The van der Waals surface area contributed by atoms with Gasteiger partial charge in [0.1, 0.15) is 6.04 Å². The minimum absolute atomic E-state index is 0.0393. The van der Waals surface area contributed by atoms with Gasteiger partial charge in [0.15, 0.2) is 11.5 Å². The molecule has 2 aromatic rings. The van der Waals surface area contributed by atoms with Gasteiger partial charge >= 0.3 is 6.18 Å². The third-order valence-electron chi connectivity index (χ3n) is 4.14. The Labute approximate surface area is 167 Å². The third kappa shape index (κ3) is 6.02. The third-order valence-corrected chi connectivity index (χ3v) is 4.14. The molecule has 1 amide bonds. The molecule has 6 nitrogen and oxygen atoms in total. The number of hydrogen-bond donors (Lipinski definition) is 2. The van der Waals surface area contributed by atoms with Crippen molar-refractivity contribution in [1.29, 1.82) is 0 Å². The van der Waals surface area contributed by atoms with E-state index in [-0.39, 0.29) is 12.1 Å². The monoisotopic (exact) mass is 412 g/mol. The van der Waals surface area contributed by atoms with Crippen LogP contribution in [0, 0.1) is 0 Å². The van der Waals surface area contributed by atoms with Crippen LogP contribution in [0.25, 0.3) is 0 Å². The van der Waals surface area contributed by atoms with Crippen molar-refractivity contribution in [3.63, 3.8) is 0 Å². The van der Waals surface area contributed by atoms with Gasteiger partial charge in [-0.15, -0.1) is 0 Å². The Hall–Kier alpha value is -2.94. The fourth-order valence-electron chi connectivity index (χ4n) is 2.76. The van der Waals surface area contributed by atoms with Gasteiger partial charge in [-0.3, -0.25) is 10.1 Å². The maximum Gasteiger partial charge on any atom is 0.407 e. The number of nitrogens with one attached hydrogen (secondary N) is 2. The number of rotatable bonds is 9. The van der Waals surface area contributed by atoms with Gasteiger partial charge in [0.2, 0.25) is 11.7 Å². The second-order valence-electron chi connectivity index (χ2n) is 6.08. The Morgan fingerprint density at radius 2 is 1.59 bits per heavy atom. The number of carbonyl (C=O) groups is 1. The van der Waals surface area contributed by atoms with Crippen LogP contribution in [0.1, 0.15) is 17.2 Å². The van der Waals surface area contributed by atoms with Crippen molar-refractivity contribution in [1.82, 2.24) is 10.6 Å². The zero-order chi connectivity index (χ0) is 21.4. The topological polar surface area (TPSA) is 68.8 Å². The number of amides is 1. The van der Waals surface area contributed by atoms with Crippen LogP contribution in [0.5, 0.6) is 17.2 Å². The lowest BCUT2D eigenvalue weighted by molar-refractivity contribution is -0.158. The van der Waals surface area contributed by atoms with E-state index in [0.29, 0.717) is 22.8 Å². The number of ether oxygens (including phenoxy) is 3. The predicted molar refractivity (Wildman–Crippen MR) is 101 cm³/mol. The van der Waals surface area contributed by atoms with Crippen molar-refractivity contribution >= 4 is 5.91 Å². The molecule has 2 aromatic carbocycles. The standard InChI is InChI=1S/C20H23F3N2O4/c1-27-15-9-13(10-16(28-2)18(15)29-3)11-24-17(26)12-25-19(20(21,22)23)14-7-5-4-6-8-14/h4-10,19,25H,11-12H2,1-3H3,(H,24,26). The Morgan fingerprint density at radius 1 is 1.00 bits per heavy atom. The van der Waals surface area contributed by atoms with Crippen LogP contribution in [0.2, 0.25) is 0 Å². The van der Waals surface area contributed by atoms with Crippen molar-refractivity contribution in [3.8, 4) is 17.2 Å². The fourth-order valence-corrected chi connectivity index (χ4v) is 2.76. The van der Waals surface area contributed by atoms with Crippen LogP contribution in [-0.4, -0.2) is 40.0 Å². The first-order chi connectivity index (χ1) is 13.8. The van der Waals surface area contributed by atoms with E-state index in [2.05, 4.69) is 10.6 Å². The van der Waals surface area contributed by atoms with Crippen LogP contribution in [-0.2, 0) is 11.3 Å². The lowest BCUT2D eigenvalue weighted by Gasteiger charge is -2.22. The van der Waals surface area contributed by atoms with E-state index < -0.39 is 24.7 Å². The van der Waals surface area contributed by atoms with E-state index in [9.17, 15) is 18.0 Å². The molecule has 0 aliphatic carbocycles. The number of hydrogen-bond acceptors (Lipinski definition) is 5. The van der Waals surface area contributed by atoms with Crippen LogP contribution in [0.4, 0.5) is 13.2 Å². The summed E-state index contributed by atoms with van der Waals surface area (Å²) in [6.45, 7) is -0.414. The molecule has 0 fully saturated rings. The Bertz CT molecular complexity index is 788. The van der Waals surface area contributed by atoms with E-state index in [1.807, 2.05) is 0 Å². The van der Waals surface area contributed by atoms with Crippen molar-refractivity contribution in [2.45, 2.75) is 18.8 Å². The average molecular weight is 412 g/mol. The van der Waals surface area contributed by atoms with E-state index >= 15 is 0 Å². The molecule has 9 heteroatoms. The summed E-state index contributed by atoms with van der Waals surface area (Å²) < 4.78 is 55.6. The fraction of sp³-hybridized carbons (Fsp3) is 0.350. The quantitative estimate of drug-likeness (QED) is 0.662. The van der Waals surface area contributed by atoms with Gasteiger partial charge in [0.25, 0.3) is 0 Å². The van der Waals surface area contributed by atoms with Gasteiger partial charge in [-0.1, -0.05) is 30.3 Å². The SMILES string of the molecule is COc1cc(CNC(=O)CNC(c2ccccc2)C(F)(F)F)cc(OC)c1OC. The van der Waals surface area contributed by atoms with Gasteiger partial charge in [-0.2, -0.15) is 13.2 Å². The highest BCUT2D eigenvalue weighted by atomic mass is 19.4. The van der Waals surface area contributed by atoms with E-state index in [4.69, 9.17) is 14.2 Å². The molecule has 0 aromatic heterocycles. The maximum absolute atomic E-state index is 13.3. The molecule has 0 spiro atoms. The molecule has 1 unspecified atom stereocenters. The van der Waals surface area contributed by atoms with Crippen LogP contribution in [0.15, 0.2) is 42.5 Å². The first kappa shape index (κ1) is 22.4. The highest BCUT2D eigenvalue weighted by Crippen LogP contribution is 2.38. The molecule has 0 saturated carbocycles. The summed E-state index contributed by atoms with van der Waals surface area (Å²) >= 11 is 0. The first-order valence-electron chi connectivity index (χ1n) is 8.70. The molecule has 0 heterocycles. The minimum atomic E-state index is -4.53. The molecule has 0 saturated heterocycles. The average Bonchev–Trinajstić information content (AvgIpc) is 2.71. The van der Waals surface area contributed by atoms with Crippen LogP contribution < -0.4 is 24.8 Å². The Morgan fingerprint density at radius 3 is 2.07 bits per heavy atom. The van der Waals surface area contributed by atoms with Gasteiger partial charge in [-0.25, -0.2) is 0 Å². The van der Waals surface area contributed by atoms with Crippen molar-refractivity contribution in [2.24, 2.45) is 0 Å². The van der Waals surface area contributed by atoms with Gasteiger partial charge in [0.05, 0.1) is 27.9 Å². The summed E-state index contributed by atoms with van der Waals surface area (Å²) in [5.74, 6) is 0.650. The summed E-state index contributed by atoms with van der Waals surface area (Å²) in [5, 5.41) is 4.85. The summed E-state index contributed by atoms with van der Waals surface area (Å²) in [6.07, 6.45) is -4.53. The molecule has 1 atom stereocenters. The molecule has 0 aliphatic heterocycles. The van der Waals surface area contributed by atoms with Gasteiger partial charge in [-0.05, 0) is 23.3 Å². The second kappa shape index (κ2) is 10.0. The molecule has 158 valence electrons. The Kier molecular flexibility index (Phi) is 7.72. The smallest absolute Gasteiger partial charge is 0.407 e. The Balaban J connectivity index is 2.01. The lowest BCUT2D eigenvalue weighted by atomic mass is 10.1. The van der Waals surface area contributed by atoms with Crippen LogP contribution >= 0.6 is 0 Å². The first-order valence-corrected chi connectivity index (χ1v) is 8.70. The number of halogens is 3. The van der Waals surface area contributed by atoms with E-state index in [0.717, 1.165) is 0 Å². The van der Waals surface area contributed by atoms with Crippen molar-refractivity contribution < 1.29 is 32.2 Å². The zero-order valence-electron chi connectivity index (χ0n) is 16.3. The van der Waals surface area contributed by atoms with Crippen molar-refractivity contribution in [2.75, 3.05) is 27.9 Å². The summed E-state index contributed by atoms with van der Waals surface area (Å²) in [5.41, 5.74) is 0.681. The molecule has 2 N–H and O–H groups in total. The molecule has 0 bridgehead atoms. The van der Waals surface area contributed by atoms with Crippen LogP contribution in [0.3, 0.4) is 0 Å². The highest BCUT2D eigenvalue weighted by molar-refractivity contribution is 5.78. The maximum atomic E-state index is 13.3. The lowest BCUT2D eigenvalue weighted by Crippen LogP contribution is -2.40. The number of alkyl halides is 3. The molecule has 0 aliphatic rings. The number of benzene rings is 2.